The molecule has 0 atom stereocenters. The summed E-state index contributed by atoms with van der Waals surface area (Å²) in [4.78, 5) is 17.3. The van der Waals surface area contributed by atoms with Gasteiger partial charge < -0.3 is 9.72 Å². The molecule has 3 aromatic heterocycles. The quantitative estimate of drug-likeness (QED) is 0.785. The van der Waals surface area contributed by atoms with E-state index >= 15 is 0 Å². The molecule has 0 aromatic carbocycles. The number of nitrogens with zero attached hydrogens (tertiary/aromatic N) is 2. The van der Waals surface area contributed by atoms with Crippen molar-refractivity contribution >= 4 is 22.8 Å². The number of hydrogen-bond acceptors (Lipinski definition) is 3. The molecule has 4 nitrogen and oxygen atoms in total. The lowest BCUT2D eigenvalue weighted by molar-refractivity contribution is 0.0953. The molecule has 118 valence electrons. The Morgan fingerprint density at radius 3 is 2.91 bits per heavy atom. The Morgan fingerprint density at radius 2 is 2.22 bits per heavy atom. The second-order valence-corrected chi connectivity index (χ2v) is 7.26. The van der Waals surface area contributed by atoms with Crippen molar-refractivity contribution in [1.82, 2.24) is 14.7 Å². The van der Waals surface area contributed by atoms with Crippen molar-refractivity contribution in [3.63, 3.8) is 0 Å². The molecule has 1 N–H and O–H groups in total. The third kappa shape index (κ3) is 2.65. The van der Waals surface area contributed by atoms with Gasteiger partial charge in [0.1, 0.15) is 0 Å². The van der Waals surface area contributed by atoms with Crippen LogP contribution in [0.5, 0.6) is 0 Å². The number of carbonyl (C=O) groups excluding carboxylic acids is 1. The largest absolute Gasteiger partial charge is 0.349 e. The Balaban J connectivity index is 1.81. The van der Waals surface area contributed by atoms with Crippen LogP contribution in [-0.4, -0.2) is 21.3 Å². The van der Waals surface area contributed by atoms with Gasteiger partial charge in [0.25, 0.3) is 5.91 Å². The number of rotatable bonds is 4. The first kappa shape index (κ1) is 14.5. The highest BCUT2D eigenvalue weighted by Gasteiger charge is 2.26. The Bertz CT molecular complexity index is 873. The highest BCUT2D eigenvalue weighted by atomic mass is 32.1. The van der Waals surface area contributed by atoms with Crippen molar-refractivity contribution in [2.45, 2.75) is 38.6 Å². The Morgan fingerprint density at radius 1 is 1.39 bits per heavy atom. The first-order chi connectivity index (χ1) is 11.1. The van der Waals surface area contributed by atoms with Gasteiger partial charge in [-0.15, -0.1) is 11.3 Å². The fourth-order valence-corrected chi connectivity index (χ4v) is 3.52. The SMILES string of the molecule is CC(C)c1nc(-c2cc(C(=O)NC3CC3)c3ccccn23)cs1. The maximum Gasteiger partial charge on any atom is 0.253 e. The maximum atomic E-state index is 12.5. The van der Waals surface area contributed by atoms with Gasteiger partial charge >= 0.3 is 0 Å². The van der Waals surface area contributed by atoms with Gasteiger partial charge in [0.2, 0.25) is 0 Å². The highest BCUT2D eigenvalue weighted by Crippen LogP contribution is 2.30. The molecule has 3 aromatic rings. The summed E-state index contributed by atoms with van der Waals surface area (Å²) in [6.07, 6.45) is 4.18. The lowest BCUT2D eigenvalue weighted by Gasteiger charge is -2.02. The van der Waals surface area contributed by atoms with Gasteiger partial charge in [-0.2, -0.15) is 0 Å². The summed E-state index contributed by atoms with van der Waals surface area (Å²) >= 11 is 1.67. The molecule has 0 saturated heterocycles. The van der Waals surface area contributed by atoms with Gasteiger partial charge in [0, 0.05) is 23.5 Å². The third-order valence-electron chi connectivity index (χ3n) is 4.11. The summed E-state index contributed by atoms with van der Waals surface area (Å²) in [5.41, 5.74) is 3.57. The summed E-state index contributed by atoms with van der Waals surface area (Å²) in [5.74, 6) is 0.430. The van der Waals surface area contributed by atoms with Crippen LogP contribution in [0.4, 0.5) is 0 Å². The van der Waals surface area contributed by atoms with Crippen molar-refractivity contribution in [3.05, 3.63) is 46.4 Å². The predicted molar refractivity (Wildman–Crippen MR) is 93.1 cm³/mol. The third-order valence-corrected chi connectivity index (χ3v) is 5.26. The summed E-state index contributed by atoms with van der Waals surface area (Å²) < 4.78 is 2.06. The second-order valence-electron chi connectivity index (χ2n) is 6.37. The molecule has 1 aliphatic rings. The van der Waals surface area contributed by atoms with Crippen LogP contribution in [0, 0.1) is 0 Å². The van der Waals surface area contributed by atoms with Crippen LogP contribution in [0.2, 0.25) is 0 Å². The van der Waals surface area contributed by atoms with Gasteiger partial charge in [-0.25, -0.2) is 4.98 Å². The molecule has 1 fully saturated rings. The zero-order chi connectivity index (χ0) is 16.0. The molecule has 0 spiro atoms. The van der Waals surface area contributed by atoms with Crippen molar-refractivity contribution in [1.29, 1.82) is 0 Å². The number of carbonyl (C=O) groups is 1. The second kappa shape index (κ2) is 5.49. The molecule has 1 amide bonds. The molecule has 23 heavy (non-hydrogen) atoms. The van der Waals surface area contributed by atoms with Crippen molar-refractivity contribution in [3.8, 4) is 11.4 Å². The number of hydrogen-bond donors (Lipinski definition) is 1. The van der Waals surface area contributed by atoms with Crippen LogP contribution in [0.15, 0.2) is 35.8 Å². The van der Waals surface area contributed by atoms with Gasteiger partial charge in [-0.1, -0.05) is 19.9 Å². The van der Waals surface area contributed by atoms with Crippen LogP contribution >= 0.6 is 11.3 Å². The van der Waals surface area contributed by atoms with E-state index in [1.807, 2.05) is 30.5 Å². The molecule has 4 rings (SSSR count). The van der Waals surface area contributed by atoms with Crippen molar-refractivity contribution in [2.24, 2.45) is 0 Å². The van der Waals surface area contributed by atoms with Gasteiger partial charge in [-0.05, 0) is 31.0 Å². The zero-order valence-corrected chi connectivity index (χ0v) is 14.1. The van der Waals surface area contributed by atoms with E-state index in [9.17, 15) is 4.79 Å². The minimum Gasteiger partial charge on any atom is -0.349 e. The first-order valence-electron chi connectivity index (χ1n) is 8.00. The summed E-state index contributed by atoms with van der Waals surface area (Å²) in [6.45, 7) is 4.29. The van der Waals surface area contributed by atoms with Crippen molar-refractivity contribution < 1.29 is 4.79 Å². The van der Waals surface area contributed by atoms with Crippen LogP contribution in [0.1, 0.15) is 48.0 Å². The van der Waals surface area contributed by atoms with Gasteiger partial charge in [-0.3, -0.25) is 4.79 Å². The maximum absolute atomic E-state index is 12.5. The average molecular weight is 325 g/mol. The van der Waals surface area contributed by atoms with E-state index in [0.717, 1.165) is 40.3 Å². The van der Waals surface area contributed by atoms with E-state index in [1.54, 1.807) is 11.3 Å². The summed E-state index contributed by atoms with van der Waals surface area (Å²) in [6, 6.07) is 8.26. The van der Waals surface area contributed by atoms with E-state index in [1.165, 1.54) is 0 Å². The average Bonchev–Trinajstić information content (AvgIpc) is 3.09. The standard InChI is InChI=1S/C18H19N3OS/c1-11(2)18-20-14(10-23-18)16-9-13(17(22)19-12-6-7-12)15-5-3-4-8-21(15)16/h3-5,8-12H,6-7H2,1-2H3,(H,19,22). The fraction of sp³-hybridized carbons (Fsp3) is 0.333. The Kier molecular flexibility index (Phi) is 3.45. The molecule has 0 unspecified atom stereocenters. The van der Waals surface area contributed by atoms with Crippen LogP contribution in [0.25, 0.3) is 16.9 Å². The van der Waals surface area contributed by atoms with Gasteiger partial charge in [0.15, 0.2) is 0 Å². The fourth-order valence-electron chi connectivity index (χ4n) is 2.69. The normalized spacial score (nSPS) is 14.6. The first-order valence-corrected chi connectivity index (χ1v) is 8.88. The van der Waals surface area contributed by atoms with Crippen molar-refractivity contribution in [2.75, 3.05) is 0 Å². The zero-order valence-electron chi connectivity index (χ0n) is 13.2. The lowest BCUT2D eigenvalue weighted by atomic mass is 10.2. The number of amides is 1. The number of pyridine rings is 1. The molecule has 1 saturated carbocycles. The molecule has 0 bridgehead atoms. The van der Waals surface area contributed by atoms with E-state index in [2.05, 4.69) is 28.9 Å². The molecule has 3 heterocycles. The molecule has 5 heteroatoms. The molecule has 0 aliphatic heterocycles. The topological polar surface area (TPSA) is 46.4 Å². The highest BCUT2D eigenvalue weighted by molar-refractivity contribution is 7.10. The summed E-state index contributed by atoms with van der Waals surface area (Å²) in [5, 5.41) is 6.28. The number of fused-ring (bicyclic) bond motifs is 1. The van der Waals surface area contributed by atoms with Gasteiger partial charge in [0.05, 0.1) is 27.5 Å². The summed E-state index contributed by atoms with van der Waals surface area (Å²) in [7, 11) is 0. The molecular formula is C18H19N3OS. The predicted octanol–water partition coefficient (Wildman–Crippen LogP) is 4.08. The smallest absolute Gasteiger partial charge is 0.253 e. The van der Waals surface area contributed by atoms with E-state index in [4.69, 9.17) is 4.98 Å². The molecular weight excluding hydrogens is 306 g/mol. The number of nitrogens with one attached hydrogen (secondary N) is 1. The minimum absolute atomic E-state index is 0.0155. The Hall–Kier alpha value is -2.14. The molecule has 1 aliphatic carbocycles. The van der Waals surface area contributed by atoms with Crippen LogP contribution < -0.4 is 5.32 Å². The molecule has 0 radical (unpaired) electrons. The van der Waals surface area contributed by atoms with E-state index < -0.39 is 0 Å². The van der Waals surface area contributed by atoms with E-state index in [-0.39, 0.29) is 5.91 Å². The monoisotopic (exact) mass is 325 g/mol. The Labute approximate surface area is 139 Å². The number of aromatic nitrogens is 2. The van der Waals surface area contributed by atoms with Crippen LogP contribution in [0.3, 0.4) is 0 Å². The van der Waals surface area contributed by atoms with E-state index in [0.29, 0.717) is 12.0 Å². The number of thiazole rings is 1. The lowest BCUT2D eigenvalue weighted by Crippen LogP contribution is -2.25. The minimum atomic E-state index is 0.0155. The van der Waals surface area contributed by atoms with Crippen LogP contribution in [-0.2, 0) is 0 Å².